The molecule has 2 N–H and O–H groups in total. The number of benzene rings is 2. The minimum Gasteiger partial charge on any atom is -0.458 e. The van der Waals surface area contributed by atoms with Crippen LogP contribution in [0.3, 0.4) is 0 Å². The van der Waals surface area contributed by atoms with Gasteiger partial charge in [0.25, 0.3) is 0 Å². The number of hydrogen-bond donors (Lipinski definition) is 2. The molecule has 10 atom stereocenters. The second-order valence-electron chi connectivity index (χ2n) is 17.7. The number of amides is 2. The normalized spacial score (nSPS) is 32.0. The number of nitrogens with zero attached hydrogens (tertiary/aromatic N) is 2. The Morgan fingerprint density at radius 1 is 0.949 bits per heavy atom. The molecule has 0 spiro atoms. The number of hydroxylamine groups is 2. The zero-order chi connectivity index (χ0) is 41.1. The average molecular weight is 814 g/mol. The van der Waals surface area contributed by atoms with Crippen molar-refractivity contribution in [2.45, 2.75) is 158 Å². The number of allylic oxidation sites excluding steroid dienone is 1. The SMILES string of the molecule is CCCCCC1(CCCCC)O[C@@H]2[C@H]3ON(Cc4ccccc4C=CC4CCC5OC5C4)[C@H]4C(=O)OC(CC34C(=O)N(C)[C@H](Cc3ccccc3)C(=O)NCCO)[C@@H]2O1. The molecule has 0 aromatic heterocycles. The van der Waals surface area contributed by atoms with E-state index in [0.717, 1.165) is 74.5 Å². The fourth-order valence-electron chi connectivity index (χ4n) is 10.5. The van der Waals surface area contributed by atoms with Gasteiger partial charge in [-0.25, -0.2) is 0 Å². The van der Waals surface area contributed by atoms with E-state index in [1.165, 1.54) is 4.90 Å². The molecule has 2 bridgehead atoms. The molecule has 6 fully saturated rings. The van der Waals surface area contributed by atoms with Gasteiger partial charge in [-0.3, -0.25) is 19.2 Å². The lowest BCUT2D eigenvalue weighted by Gasteiger charge is -2.50. The standard InChI is InChI=1S/C47H63N3O9/c1-4-6-13-23-46(24-14-7-5-2)57-39-38-29-47(45(54)49(3)35(43(52)48-25-26-51)27-31-15-9-8-10-16-31)41(44(53)56-38)50(59-42(47)40(39)58-46)30-34-18-12-11-17-33(34)21-19-32-20-22-36-37(28-32)55-36/h8-12,15-19,21,32,35-42,51H,4-7,13-14,20,22-30H2,1-3H3,(H,48,52)/t32?,35-,36?,37?,38?,39+,40+,41+,42-,47?/m1/s1. The quantitative estimate of drug-likeness (QED) is 0.100. The Labute approximate surface area is 348 Å². The molecule has 6 aliphatic rings. The largest absolute Gasteiger partial charge is 0.458 e. The Morgan fingerprint density at radius 2 is 1.68 bits per heavy atom. The van der Waals surface area contributed by atoms with Crippen molar-refractivity contribution >= 4 is 23.9 Å². The first-order chi connectivity index (χ1) is 28.7. The Hall–Kier alpha value is -3.65. The minimum atomic E-state index is -1.44. The summed E-state index contributed by atoms with van der Waals surface area (Å²) in [5, 5.41) is 14.1. The van der Waals surface area contributed by atoms with Crippen molar-refractivity contribution in [3.63, 3.8) is 0 Å². The topological polar surface area (TPSA) is 139 Å². The number of unbranched alkanes of at least 4 members (excludes halogenated alkanes) is 4. The summed E-state index contributed by atoms with van der Waals surface area (Å²) in [5.41, 5.74) is 1.39. The van der Waals surface area contributed by atoms with Crippen LogP contribution in [0.15, 0.2) is 60.7 Å². The van der Waals surface area contributed by atoms with Crippen LogP contribution in [0.5, 0.6) is 0 Å². The van der Waals surface area contributed by atoms with Gasteiger partial charge in [0.05, 0.1) is 25.4 Å². The molecule has 2 amide bonds. The van der Waals surface area contributed by atoms with Gasteiger partial charge < -0.3 is 34.3 Å². The van der Waals surface area contributed by atoms with Crippen LogP contribution in [-0.4, -0.2) is 108 Å². The summed E-state index contributed by atoms with van der Waals surface area (Å²) in [6.45, 7) is 4.37. The highest BCUT2D eigenvalue weighted by Gasteiger charge is 2.76. The molecule has 4 aliphatic heterocycles. The molecule has 2 aliphatic carbocycles. The molecule has 8 rings (SSSR count). The number of esters is 1. The van der Waals surface area contributed by atoms with E-state index in [0.29, 0.717) is 31.0 Å². The summed E-state index contributed by atoms with van der Waals surface area (Å²) in [4.78, 5) is 52.7. The third kappa shape index (κ3) is 8.50. The van der Waals surface area contributed by atoms with Gasteiger partial charge >= 0.3 is 5.97 Å². The number of rotatable bonds is 19. The van der Waals surface area contributed by atoms with E-state index in [2.05, 4.69) is 37.4 Å². The highest BCUT2D eigenvalue weighted by molar-refractivity contribution is 5.96. The first-order valence-corrected chi connectivity index (χ1v) is 22.3. The van der Waals surface area contributed by atoms with Crippen LogP contribution in [0.2, 0.25) is 0 Å². The number of aliphatic hydroxyl groups is 1. The zero-order valence-corrected chi connectivity index (χ0v) is 35.0. The van der Waals surface area contributed by atoms with E-state index in [4.69, 9.17) is 23.8 Å². The Bertz CT molecular complexity index is 1810. The summed E-state index contributed by atoms with van der Waals surface area (Å²) in [6, 6.07) is 15.6. The Morgan fingerprint density at radius 3 is 2.41 bits per heavy atom. The third-order valence-electron chi connectivity index (χ3n) is 13.7. The summed E-state index contributed by atoms with van der Waals surface area (Å²) in [7, 11) is 1.64. The minimum absolute atomic E-state index is 0.0460. The number of aliphatic hydroxyl groups excluding tert-OH is 1. The van der Waals surface area contributed by atoms with Gasteiger partial charge in [0.1, 0.15) is 35.9 Å². The predicted octanol–water partition coefficient (Wildman–Crippen LogP) is 5.89. The zero-order valence-electron chi connectivity index (χ0n) is 35.0. The van der Waals surface area contributed by atoms with Crippen LogP contribution in [-0.2, 0) is 51.1 Å². The van der Waals surface area contributed by atoms with Crippen LogP contribution in [0.1, 0.15) is 108 Å². The molecule has 2 aromatic rings. The smallest absolute Gasteiger partial charge is 0.327 e. The number of carbonyl (C=O) groups excluding carboxylic acids is 3. The summed E-state index contributed by atoms with van der Waals surface area (Å²) < 4.78 is 26.2. The van der Waals surface area contributed by atoms with Gasteiger partial charge in [-0.1, -0.05) is 106 Å². The third-order valence-corrected chi connectivity index (χ3v) is 13.7. The van der Waals surface area contributed by atoms with Crippen molar-refractivity contribution in [1.29, 1.82) is 0 Å². The monoisotopic (exact) mass is 813 g/mol. The molecule has 12 nitrogen and oxygen atoms in total. The van der Waals surface area contributed by atoms with E-state index in [1.807, 2.05) is 48.5 Å². The number of ether oxygens (including phenoxy) is 4. The molecule has 2 aromatic carbocycles. The molecular formula is C47H63N3O9. The highest BCUT2D eigenvalue weighted by Crippen LogP contribution is 2.58. The first kappa shape index (κ1) is 42.1. The van der Waals surface area contributed by atoms with Gasteiger partial charge in [-0.15, -0.1) is 0 Å². The van der Waals surface area contributed by atoms with Crippen LogP contribution >= 0.6 is 0 Å². The molecule has 4 heterocycles. The van der Waals surface area contributed by atoms with E-state index >= 15 is 4.79 Å². The lowest BCUT2D eigenvalue weighted by molar-refractivity contribution is -0.225. The van der Waals surface area contributed by atoms with Crippen molar-refractivity contribution in [3.05, 3.63) is 77.4 Å². The van der Waals surface area contributed by atoms with Gasteiger partial charge in [0.2, 0.25) is 11.8 Å². The number of hydrogen-bond acceptors (Lipinski definition) is 10. The van der Waals surface area contributed by atoms with Crippen molar-refractivity contribution < 1.29 is 43.3 Å². The maximum atomic E-state index is 15.7. The van der Waals surface area contributed by atoms with Crippen molar-refractivity contribution in [3.8, 4) is 0 Å². The van der Waals surface area contributed by atoms with E-state index in [9.17, 15) is 14.7 Å². The van der Waals surface area contributed by atoms with Crippen LogP contribution in [0.4, 0.5) is 0 Å². The molecule has 320 valence electrons. The maximum Gasteiger partial charge on any atom is 0.327 e. The van der Waals surface area contributed by atoms with Gasteiger partial charge in [0.15, 0.2) is 11.8 Å². The van der Waals surface area contributed by atoms with E-state index in [-0.39, 0.29) is 38.4 Å². The lowest BCUT2D eigenvalue weighted by Crippen LogP contribution is -2.70. The highest BCUT2D eigenvalue weighted by atomic mass is 16.8. The molecule has 0 radical (unpaired) electrons. The molecule has 59 heavy (non-hydrogen) atoms. The molecule has 4 saturated heterocycles. The van der Waals surface area contributed by atoms with Crippen molar-refractivity contribution in [1.82, 2.24) is 15.3 Å². The summed E-state index contributed by atoms with van der Waals surface area (Å²) >= 11 is 0. The number of likely N-dealkylation sites (N-methyl/N-ethyl adjacent to an activating group) is 1. The summed E-state index contributed by atoms with van der Waals surface area (Å²) in [6.07, 6.45) is 13.3. The fraction of sp³-hybridized carbons (Fsp3) is 0.638. The number of epoxide rings is 1. The van der Waals surface area contributed by atoms with Crippen LogP contribution in [0.25, 0.3) is 6.08 Å². The maximum absolute atomic E-state index is 15.7. The Balaban J connectivity index is 1.15. The Kier molecular flexibility index (Phi) is 12.9. The lowest BCUT2D eigenvalue weighted by atomic mass is 9.62. The van der Waals surface area contributed by atoms with E-state index in [1.54, 1.807) is 12.1 Å². The van der Waals surface area contributed by atoms with E-state index < -0.39 is 59.6 Å². The fourth-order valence-corrected chi connectivity index (χ4v) is 10.5. The van der Waals surface area contributed by atoms with Gasteiger partial charge in [-0.2, -0.15) is 5.06 Å². The van der Waals surface area contributed by atoms with Crippen LogP contribution in [0, 0.1) is 11.3 Å². The van der Waals surface area contributed by atoms with Crippen LogP contribution < -0.4 is 5.32 Å². The van der Waals surface area contributed by atoms with Gasteiger partial charge in [0, 0.05) is 39.3 Å². The molecular weight excluding hydrogens is 751 g/mol. The second-order valence-corrected chi connectivity index (χ2v) is 17.7. The number of fused-ring (bicyclic) bond motifs is 5. The molecule has 2 saturated carbocycles. The summed E-state index contributed by atoms with van der Waals surface area (Å²) in [5.74, 6) is -1.77. The second kappa shape index (κ2) is 18.1. The van der Waals surface area contributed by atoms with Crippen molar-refractivity contribution in [2.75, 3.05) is 20.2 Å². The average Bonchev–Trinajstić information content (AvgIpc) is 3.80. The predicted molar refractivity (Wildman–Crippen MR) is 220 cm³/mol. The number of carbonyl (C=O) groups is 3. The van der Waals surface area contributed by atoms with Crippen molar-refractivity contribution in [2.24, 2.45) is 11.3 Å². The molecule has 12 heteroatoms. The van der Waals surface area contributed by atoms with Gasteiger partial charge in [-0.05, 0) is 54.7 Å². The first-order valence-electron chi connectivity index (χ1n) is 22.3. The molecule has 5 unspecified atom stereocenters. The number of nitrogens with one attached hydrogen (secondary N) is 1.